The van der Waals surface area contributed by atoms with E-state index in [1.807, 2.05) is 36.9 Å². The molecule has 6 heteroatoms. The highest BCUT2D eigenvalue weighted by Gasteiger charge is 2.16. The van der Waals surface area contributed by atoms with Crippen LogP contribution in [0.2, 0.25) is 0 Å². The third kappa shape index (κ3) is 6.23. The predicted octanol–water partition coefficient (Wildman–Crippen LogP) is 1.54. The molecule has 0 saturated carbocycles. The van der Waals surface area contributed by atoms with E-state index in [4.69, 9.17) is 0 Å². The number of amides is 2. The van der Waals surface area contributed by atoms with Crippen molar-refractivity contribution in [1.82, 2.24) is 16.0 Å². The Kier molecular flexibility index (Phi) is 7.42. The molecule has 0 aliphatic carbocycles. The lowest BCUT2D eigenvalue weighted by molar-refractivity contribution is -0.121. The molecular weight excluding hydrogens is 310 g/mol. The van der Waals surface area contributed by atoms with Gasteiger partial charge in [-0.25, -0.2) is 0 Å². The number of hydrogen-bond donors (Lipinski definition) is 3. The largest absolute Gasteiger partial charge is 0.352 e. The van der Waals surface area contributed by atoms with Gasteiger partial charge in [-0.1, -0.05) is 19.1 Å². The minimum atomic E-state index is -0.0662. The Balaban J connectivity index is 1.80. The topological polar surface area (TPSA) is 70.2 Å². The molecule has 1 unspecified atom stereocenters. The second-order valence-corrected chi connectivity index (χ2v) is 6.81. The fourth-order valence-electron chi connectivity index (χ4n) is 2.41. The summed E-state index contributed by atoms with van der Waals surface area (Å²) < 4.78 is 0. The van der Waals surface area contributed by atoms with Crippen LogP contribution in [0.1, 0.15) is 35.7 Å². The van der Waals surface area contributed by atoms with Crippen molar-refractivity contribution < 1.29 is 9.59 Å². The molecule has 0 spiro atoms. The highest BCUT2D eigenvalue weighted by atomic mass is 32.2. The number of carbonyl (C=O) groups excluding carboxylic acids is 2. The van der Waals surface area contributed by atoms with Crippen molar-refractivity contribution in [2.24, 2.45) is 0 Å². The van der Waals surface area contributed by atoms with Crippen molar-refractivity contribution in [3.63, 3.8) is 0 Å². The summed E-state index contributed by atoms with van der Waals surface area (Å²) >= 11 is 1.88. The van der Waals surface area contributed by atoms with Crippen molar-refractivity contribution in [2.45, 2.75) is 32.4 Å². The minimum Gasteiger partial charge on any atom is -0.352 e. The van der Waals surface area contributed by atoms with Gasteiger partial charge in [0, 0.05) is 49.2 Å². The van der Waals surface area contributed by atoms with Gasteiger partial charge in [-0.15, -0.1) is 0 Å². The summed E-state index contributed by atoms with van der Waals surface area (Å²) in [6.45, 7) is 4.11. The molecule has 1 aromatic rings. The van der Waals surface area contributed by atoms with Crippen molar-refractivity contribution in [2.75, 3.05) is 24.6 Å². The molecule has 1 saturated heterocycles. The second kappa shape index (κ2) is 9.57. The third-order valence-electron chi connectivity index (χ3n) is 3.64. The maximum absolute atomic E-state index is 12.0. The highest BCUT2D eigenvalue weighted by molar-refractivity contribution is 7.99. The standard InChI is InChI=1S/C17H25N3O2S/c1-2-6-19-17(22)14-5-3-4-13(9-14)11-20-16(21)10-15-12-23-8-7-18-15/h3-5,9,15,18H,2,6-8,10-12H2,1H3,(H,19,22)(H,20,21). The molecule has 1 aromatic carbocycles. The van der Waals surface area contributed by atoms with E-state index in [0.29, 0.717) is 25.1 Å². The molecule has 1 aliphatic heterocycles. The zero-order valence-electron chi connectivity index (χ0n) is 13.6. The van der Waals surface area contributed by atoms with Crippen LogP contribution in [0.5, 0.6) is 0 Å². The number of rotatable bonds is 7. The van der Waals surface area contributed by atoms with Crippen LogP contribution < -0.4 is 16.0 Å². The Bertz CT molecular complexity index is 530. The highest BCUT2D eigenvalue weighted by Crippen LogP contribution is 2.10. The maximum atomic E-state index is 12.0. The number of carbonyl (C=O) groups is 2. The summed E-state index contributed by atoms with van der Waals surface area (Å²) in [5, 5.41) is 9.15. The van der Waals surface area contributed by atoms with Gasteiger partial charge in [0.15, 0.2) is 0 Å². The summed E-state index contributed by atoms with van der Waals surface area (Å²) in [4.78, 5) is 24.0. The zero-order chi connectivity index (χ0) is 16.5. The van der Waals surface area contributed by atoms with Gasteiger partial charge >= 0.3 is 0 Å². The molecule has 2 rings (SSSR count). The SMILES string of the molecule is CCCNC(=O)c1cccc(CNC(=O)CC2CSCCN2)c1. The van der Waals surface area contributed by atoms with E-state index >= 15 is 0 Å². The van der Waals surface area contributed by atoms with Gasteiger partial charge < -0.3 is 16.0 Å². The molecule has 0 radical (unpaired) electrons. The first kappa shape index (κ1) is 17.8. The number of hydrogen-bond acceptors (Lipinski definition) is 4. The fourth-order valence-corrected chi connectivity index (χ4v) is 3.36. The van der Waals surface area contributed by atoms with Gasteiger partial charge in [0.05, 0.1) is 0 Å². The number of thioether (sulfide) groups is 1. The lowest BCUT2D eigenvalue weighted by atomic mass is 10.1. The molecule has 2 amide bonds. The first-order valence-electron chi connectivity index (χ1n) is 8.14. The molecular formula is C17H25N3O2S. The van der Waals surface area contributed by atoms with E-state index in [1.165, 1.54) is 0 Å². The molecule has 0 aromatic heterocycles. The van der Waals surface area contributed by atoms with Crippen molar-refractivity contribution in [3.8, 4) is 0 Å². The summed E-state index contributed by atoms with van der Waals surface area (Å²) in [5.41, 5.74) is 1.57. The first-order valence-corrected chi connectivity index (χ1v) is 9.29. The quantitative estimate of drug-likeness (QED) is 0.707. The molecule has 126 valence electrons. The summed E-state index contributed by atoms with van der Waals surface area (Å²) in [6, 6.07) is 7.66. The van der Waals surface area contributed by atoms with Crippen LogP contribution in [-0.2, 0) is 11.3 Å². The van der Waals surface area contributed by atoms with Crippen LogP contribution >= 0.6 is 11.8 Å². The van der Waals surface area contributed by atoms with E-state index in [-0.39, 0.29) is 17.9 Å². The molecule has 0 bridgehead atoms. The summed E-state index contributed by atoms with van der Waals surface area (Å²) in [5.74, 6) is 2.08. The van der Waals surface area contributed by atoms with E-state index in [9.17, 15) is 9.59 Å². The predicted molar refractivity (Wildman–Crippen MR) is 94.6 cm³/mol. The van der Waals surface area contributed by atoms with Gasteiger partial charge in [0.25, 0.3) is 5.91 Å². The van der Waals surface area contributed by atoms with Gasteiger partial charge in [-0.3, -0.25) is 9.59 Å². The van der Waals surface area contributed by atoms with Crippen LogP contribution in [0.4, 0.5) is 0 Å². The van der Waals surface area contributed by atoms with Crippen LogP contribution in [-0.4, -0.2) is 42.5 Å². The normalized spacial score (nSPS) is 17.5. The van der Waals surface area contributed by atoms with Gasteiger partial charge in [0.2, 0.25) is 5.91 Å². The van der Waals surface area contributed by atoms with Crippen molar-refractivity contribution in [3.05, 3.63) is 35.4 Å². The monoisotopic (exact) mass is 335 g/mol. The van der Waals surface area contributed by atoms with Gasteiger partial charge in [0.1, 0.15) is 0 Å². The Hall–Kier alpha value is -1.53. The van der Waals surface area contributed by atoms with Crippen LogP contribution in [0, 0.1) is 0 Å². The molecule has 5 nitrogen and oxygen atoms in total. The molecule has 1 fully saturated rings. The van der Waals surface area contributed by atoms with E-state index < -0.39 is 0 Å². The van der Waals surface area contributed by atoms with E-state index in [0.717, 1.165) is 30.0 Å². The Labute approximate surface area is 142 Å². The van der Waals surface area contributed by atoms with Crippen LogP contribution in [0.3, 0.4) is 0 Å². The zero-order valence-corrected chi connectivity index (χ0v) is 14.4. The smallest absolute Gasteiger partial charge is 0.251 e. The Morgan fingerprint density at radius 1 is 1.35 bits per heavy atom. The maximum Gasteiger partial charge on any atom is 0.251 e. The van der Waals surface area contributed by atoms with E-state index in [1.54, 1.807) is 6.07 Å². The molecule has 1 aliphatic rings. The average molecular weight is 335 g/mol. The van der Waals surface area contributed by atoms with Crippen LogP contribution in [0.15, 0.2) is 24.3 Å². The summed E-state index contributed by atoms with van der Waals surface area (Å²) in [7, 11) is 0. The lowest BCUT2D eigenvalue weighted by Gasteiger charge is -2.22. The third-order valence-corrected chi connectivity index (χ3v) is 4.78. The molecule has 1 atom stereocenters. The lowest BCUT2D eigenvalue weighted by Crippen LogP contribution is -2.41. The van der Waals surface area contributed by atoms with Crippen LogP contribution in [0.25, 0.3) is 0 Å². The van der Waals surface area contributed by atoms with E-state index in [2.05, 4.69) is 16.0 Å². The molecule has 1 heterocycles. The summed E-state index contributed by atoms with van der Waals surface area (Å²) in [6.07, 6.45) is 1.42. The van der Waals surface area contributed by atoms with Crippen molar-refractivity contribution >= 4 is 23.6 Å². The molecule has 23 heavy (non-hydrogen) atoms. The minimum absolute atomic E-state index is 0.0471. The average Bonchev–Trinajstić information content (AvgIpc) is 2.59. The second-order valence-electron chi connectivity index (χ2n) is 5.66. The Morgan fingerprint density at radius 2 is 2.22 bits per heavy atom. The van der Waals surface area contributed by atoms with Gasteiger partial charge in [-0.05, 0) is 24.1 Å². The number of nitrogens with one attached hydrogen (secondary N) is 3. The van der Waals surface area contributed by atoms with Crippen molar-refractivity contribution in [1.29, 1.82) is 0 Å². The molecule has 3 N–H and O–H groups in total. The first-order chi connectivity index (χ1) is 11.2. The number of benzene rings is 1. The van der Waals surface area contributed by atoms with Gasteiger partial charge in [-0.2, -0.15) is 11.8 Å². The Morgan fingerprint density at radius 3 is 2.96 bits per heavy atom. The fraction of sp³-hybridized carbons (Fsp3) is 0.529.